The lowest BCUT2D eigenvalue weighted by molar-refractivity contribution is -0.135. The molecule has 0 atom stereocenters. The summed E-state index contributed by atoms with van der Waals surface area (Å²) in [5.74, 6) is -1.22. The molecule has 0 N–H and O–H groups in total. The minimum absolute atomic E-state index is 0.138. The number of benzene rings is 1. The van der Waals surface area contributed by atoms with E-state index in [1.54, 1.807) is 17.0 Å². The Balaban J connectivity index is 1.71. The monoisotopic (exact) mass is 362 g/mol. The number of hydrogen-bond acceptors (Lipinski definition) is 4. The van der Waals surface area contributed by atoms with E-state index in [4.69, 9.17) is 0 Å². The zero-order valence-corrected chi connectivity index (χ0v) is 14.6. The first kappa shape index (κ1) is 17.7. The minimum atomic E-state index is -0.540. The number of halogens is 1. The van der Waals surface area contributed by atoms with Gasteiger partial charge in [-0.3, -0.25) is 19.3 Å². The molecule has 25 heavy (non-hydrogen) atoms. The van der Waals surface area contributed by atoms with Crippen LogP contribution in [0.3, 0.4) is 0 Å². The van der Waals surface area contributed by atoms with Gasteiger partial charge in [0.1, 0.15) is 12.4 Å². The molecule has 2 aliphatic rings. The van der Waals surface area contributed by atoms with Gasteiger partial charge in [-0.05, 0) is 36.7 Å². The second kappa shape index (κ2) is 7.82. The second-order valence-corrected chi connectivity index (χ2v) is 7.08. The lowest BCUT2D eigenvalue weighted by Gasteiger charge is -2.22. The van der Waals surface area contributed by atoms with Crippen molar-refractivity contribution < 1.29 is 18.8 Å². The highest BCUT2D eigenvalue weighted by Gasteiger charge is 2.37. The van der Waals surface area contributed by atoms with Crippen molar-refractivity contribution in [3.63, 3.8) is 0 Å². The Bertz CT molecular complexity index is 727. The highest BCUT2D eigenvalue weighted by molar-refractivity contribution is 8.18. The van der Waals surface area contributed by atoms with Crippen molar-refractivity contribution in [1.29, 1.82) is 0 Å². The normalized spacial score (nSPS) is 20.3. The van der Waals surface area contributed by atoms with Crippen LogP contribution in [0.25, 0.3) is 6.08 Å². The van der Waals surface area contributed by atoms with Crippen molar-refractivity contribution >= 4 is 34.9 Å². The van der Waals surface area contributed by atoms with Crippen LogP contribution in [0.15, 0.2) is 29.2 Å². The molecule has 0 bridgehead atoms. The molecular weight excluding hydrogens is 343 g/mol. The van der Waals surface area contributed by atoms with Gasteiger partial charge in [0.15, 0.2) is 0 Å². The number of nitrogens with zero attached hydrogens (tertiary/aromatic N) is 2. The first-order valence-electron chi connectivity index (χ1n) is 8.34. The highest BCUT2D eigenvalue weighted by Crippen LogP contribution is 2.32. The van der Waals surface area contributed by atoms with Crippen molar-refractivity contribution in [2.24, 2.45) is 0 Å². The van der Waals surface area contributed by atoms with Crippen LogP contribution in [0.1, 0.15) is 31.2 Å². The number of amides is 3. The van der Waals surface area contributed by atoms with Gasteiger partial charge in [-0.2, -0.15) is 0 Å². The Morgan fingerprint density at radius 1 is 1.12 bits per heavy atom. The number of imide groups is 1. The van der Waals surface area contributed by atoms with Gasteiger partial charge in [0.2, 0.25) is 5.91 Å². The first-order chi connectivity index (χ1) is 12.1. The lowest BCUT2D eigenvalue weighted by Crippen LogP contribution is -2.42. The van der Waals surface area contributed by atoms with Gasteiger partial charge >= 0.3 is 0 Å². The van der Waals surface area contributed by atoms with Crippen molar-refractivity contribution in [3.8, 4) is 0 Å². The quantitative estimate of drug-likeness (QED) is 0.775. The van der Waals surface area contributed by atoms with E-state index in [0.717, 1.165) is 42.3 Å². The molecule has 0 aromatic heterocycles. The van der Waals surface area contributed by atoms with Gasteiger partial charge in [-0.1, -0.05) is 31.0 Å². The number of rotatable bonds is 3. The van der Waals surface area contributed by atoms with Gasteiger partial charge in [-0.25, -0.2) is 4.39 Å². The Labute approximate surface area is 149 Å². The van der Waals surface area contributed by atoms with Crippen molar-refractivity contribution in [2.45, 2.75) is 25.7 Å². The summed E-state index contributed by atoms with van der Waals surface area (Å²) in [6.45, 7) is 1.08. The van der Waals surface area contributed by atoms with Crippen LogP contribution >= 0.6 is 11.8 Å². The van der Waals surface area contributed by atoms with E-state index < -0.39 is 17.0 Å². The molecule has 7 heteroatoms. The Kier molecular flexibility index (Phi) is 5.53. The summed E-state index contributed by atoms with van der Waals surface area (Å²) in [5.41, 5.74) is 0.242. The van der Waals surface area contributed by atoms with E-state index in [-0.39, 0.29) is 22.9 Å². The summed E-state index contributed by atoms with van der Waals surface area (Å²) in [5, 5.41) is -0.490. The van der Waals surface area contributed by atoms with Crippen LogP contribution in [0.4, 0.5) is 9.18 Å². The van der Waals surface area contributed by atoms with Gasteiger partial charge in [0.05, 0.1) is 4.91 Å². The summed E-state index contributed by atoms with van der Waals surface area (Å²) in [6.07, 6.45) is 5.44. The SMILES string of the molecule is O=C(CN1C(=O)S/C(=C\c2ccccc2F)C1=O)N1CCCCCC1. The number of thioether (sulfide) groups is 1. The summed E-state index contributed by atoms with van der Waals surface area (Å²) in [6, 6.07) is 6.03. The van der Waals surface area contributed by atoms with Crippen LogP contribution in [0.5, 0.6) is 0 Å². The summed E-state index contributed by atoms with van der Waals surface area (Å²) in [4.78, 5) is 39.8. The highest BCUT2D eigenvalue weighted by atomic mass is 32.2. The molecule has 2 saturated heterocycles. The fraction of sp³-hybridized carbons (Fsp3) is 0.389. The minimum Gasteiger partial charge on any atom is -0.341 e. The maximum atomic E-state index is 13.7. The second-order valence-electron chi connectivity index (χ2n) is 6.08. The first-order valence-corrected chi connectivity index (χ1v) is 9.15. The van der Waals surface area contributed by atoms with E-state index in [0.29, 0.717) is 13.1 Å². The third-order valence-corrected chi connectivity index (χ3v) is 5.22. The lowest BCUT2D eigenvalue weighted by atomic mass is 10.2. The zero-order chi connectivity index (χ0) is 17.8. The Morgan fingerprint density at radius 2 is 1.80 bits per heavy atom. The largest absolute Gasteiger partial charge is 0.341 e. The molecule has 2 fully saturated rings. The third-order valence-electron chi connectivity index (χ3n) is 4.32. The van der Waals surface area contributed by atoms with E-state index >= 15 is 0 Å². The molecule has 0 aliphatic carbocycles. The average molecular weight is 362 g/mol. The predicted octanol–water partition coefficient (Wildman–Crippen LogP) is 3.26. The molecule has 0 saturated carbocycles. The molecule has 0 radical (unpaired) electrons. The van der Waals surface area contributed by atoms with Gasteiger partial charge in [0, 0.05) is 18.7 Å². The van der Waals surface area contributed by atoms with Gasteiger partial charge in [0.25, 0.3) is 11.1 Å². The fourth-order valence-electron chi connectivity index (χ4n) is 2.93. The molecule has 5 nitrogen and oxygen atoms in total. The fourth-order valence-corrected chi connectivity index (χ4v) is 3.75. The molecule has 2 aliphatic heterocycles. The van der Waals surface area contributed by atoms with E-state index in [9.17, 15) is 18.8 Å². The summed E-state index contributed by atoms with van der Waals surface area (Å²) >= 11 is 0.739. The predicted molar refractivity (Wildman–Crippen MR) is 94.1 cm³/mol. The van der Waals surface area contributed by atoms with Crippen LogP contribution in [0, 0.1) is 5.82 Å². The molecular formula is C18H19FN2O3S. The smallest absolute Gasteiger partial charge is 0.294 e. The number of hydrogen-bond donors (Lipinski definition) is 0. The molecule has 132 valence electrons. The van der Waals surface area contributed by atoms with Gasteiger partial charge in [-0.15, -0.1) is 0 Å². The third kappa shape index (κ3) is 4.10. The number of carbonyl (C=O) groups excluding carboxylic acids is 3. The van der Waals surface area contributed by atoms with E-state index in [2.05, 4.69) is 0 Å². The van der Waals surface area contributed by atoms with Gasteiger partial charge < -0.3 is 4.90 Å². The molecule has 1 aromatic rings. The van der Waals surface area contributed by atoms with Crippen LogP contribution < -0.4 is 0 Å². The van der Waals surface area contributed by atoms with Crippen LogP contribution in [0.2, 0.25) is 0 Å². The average Bonchev–Trinajstić information content (AvgIpc) is 2.80. The number of carbonyl (C=O) groups is 3. The number of likely N-dealkylation sites (tertiary alicyclic amines) is 1. The van der Waals surface area contributed by atoms with E-state index in [1.807, 2.05) is 0 Å². The Morgan fingerprint density at radius 3 is 2.48 bits per heavy atom. The van der Waals surface area contributed by atoms with Crippen molar-refractivity contribution in [1.82, 2.24) is 9.80 Å². The molecule has 0 unspecified atom stereocenters. The van der Waals surface area contributed by atoms with Crippen molar-refractivity contribution in [3.05, 3.63) is 40.6 Å². The molecule has 0 spiro atoms. The maximum Gasteiger partial charge on any atom is 0.294 e. The van der Waals surface area contributed by atoms with E-state index in [1.165, 1.54) is 18.2 Å². The summed E-state index contributed by atoms with van der Waals surface area (Å²) < 4.78 is 13.7. The zero-order valence-electron chi connectivity index (χ0n) is 13.7. The molecule has 2 heterocycles. The van der Waals surface area contributed by atoms with Crippen LogP contribution in [-0.4, -0.2) is 46.5 Å². The standard InChI is InChI=1S/C18H19FN2O3S/c19-14-8-4-3-7-13(14)11-15-17(23)21(18(24)25-15)12-16(22)20-9-5-1-2-6-10-20/h3-4,7-8,11H,1-2,5-6,9-10,12H2/b15-11-. The molecule has 3 amide bonds. The van der Waals surface area contributed by atoms with Crippen LogP contribution in [-0.2, 0) is 9.59 Å². The molecule has 3 rings (SSSR count). The topological polar surface area (TPSA) is 57.7 Å². The molecule has 1 aromatic carbocycles. The maximum absolute atomic E-state index is 13.7. The Hall–Kier alpha value is -2.15. The van der Waals surface area contributed by atoms with Crippen molar-refractivity contribution in [2.75, 3.05) is 19.6 Å². The summed E-state index contributed by atoms with van der Waals surface area (Å²) in [7, 11) is 0.